The van der Waals surface area contributed by atoms with Crippen molar-refractivity contribution in [2.24, 2.45) is 0 Å². The SMILES string of the molecule is Cc1cc(C(=O)N2C[C@@H](C)N[C@@H](C)C2)c(C=O)[nH]1. The van der Waals surface area contributed by atoms with Crippen molar-refractivity contribution in [3.8, 4) is 0 Å². The Morgan fingerprint density at radius 3 is 2.56 bits per heavy atom. The third kappa shape index (κ3) is 2.46. The van der Waals surface area contributed by atoms with Crippen LogP contribution in [0.25, 0.3) is 0 Å². The van der Waals surface area contributed by atoms with Gasteiger partial charge in [-0.1, -0.05) is 0 Å². The van der Waals surface area contributed by atoms with Crippen LogP contribution >= 0.6 is 0 Å². The summed E-state index contributed by atoms with van der Waals surface area (Å²) in [6.45, 7) is 7.29. The maximum atomic E-state index is 12.4. The van der Waals surface area contributed by atoms with Gasteiger partial charge in [0.15, 0.2) is 6.29 Å². The minimum atomic E-state index is -0.0679. The lowest BCUT2D eigenvalue weighted by Crippen LogP contribution is -2.55. The Labute approximate surface area is 107 Å². The van der Waals surface area contributed by atoms with Crippen LogP contribution in [-0.4, -0.2) is 47.3 Å². The molecule has 2 atom stereocenters. The summed E-state index contributed by atoms with van der Waals surface area (Å²) in [7, 11) is 0. The van der Waals surface area contributed by atoms with Crippen molar-refractivity contribution >= 4 is 12.2 Å². The number of amides is 1. The molecule has 0 aromatic carbocycles. The summed E-state index contributed by atoms with van der Waals surface area (Å²) in [6, 6.07) is 2.29. The molecule has 18 heavy (non-hydrogen) atoms. The summed E-state index contributed by atoms with van der Waals surface area (Å²) < 4.78 is 0. The highest BCUT2D eigenvalue weighted by Crippen LogP contribution is 2.14. The third-order valence-electron chi connectivity index (χ3n) is 3.18. The Balaban J connectivity index is 2.22. The van der Waals surface area contributed by atoms with Crippen LogP contribution in [0.4, 0.5) is 0 Å². The van der Waals surface area contributed by atoms with Crippen molar-refractivity contribution in [3.63, 3.8) is 0 Å². The molecular formula is C13H19N3O2. The number of nitrogens with zero attached hydrogens (tertiary/aromatic N) is 1. The van der Waals surface area contributed by atoms with Crippen LogP contribution in [0.15, 0.2) is 6.07 Å². The van der Waals surface area contributed by atoms with Gasteiger partial charge in [-0.15, -0.1) is 0 Å². The normalized spacial score (nSPS) is 24.1. The van der Waals surface area contributed by atoms with Gasteiger partial charge in [-0.2, -0.15) is 0 Å². The van der Waals surface area contributed by atoms with E-state index in [2.05, 4.69) is 24.1 Å². The van der Waals surface area contributed by atoms with Gasteiger partial charge in [0.05, 0.1) is 11.3 Å². The van der Waals surface area contributed by atoms with Gasteiger partial charge < -0.3 is 15.2 Å². The lowest BCUT2D eigenvalue weighted by molar-refractivity contribution is 0.0671. The standard InChI is InChI=1S/C13H19N3O2/c1-8-4-11(12(7-17)15-8)13(18)16-5-9(2)14-10(3)6-16/h4,7,9-10,14-15H,5-6H2,1-3H3/t9-,10+. The molecule has 0 radical (unpaired) electrons. The van der Waals surface area contributed by atoms with Gasteiger partial charge in [0.2, 0.25) is 0 Å². The number of rotatable bonds is 2. The van der Waals surface area contributed by atoms with E-state index >= 15 is 0 Å². The number of aromatic nitrogens is 1. The molecular weight excluding hydrogens is 230 g/mol. The minimum absolute atomic E-state index is 0.0679. The maximum absolute atomic E-state index is 12.4. The number of hydrogen-bond donors (Lipinski definition) is 2. The Hall–Kier alpha value is -1.62. The number of aldehydes is 1. The van der Waals surface area contributed by atoms with Gasteiger partial charge in [0.1, 0.15) is 0 Å². The summed E-state index contributed by atoms with van der Waals surface area (Å²) in [5.41, 5.74) is 1.68. The van der Waals surface area contributed by atoms with E-state index in [1.165, 1.54) is 0 Å². The predicted molar refractivity (Wildman–Crippen MR) is 68.9 cm³/mol. The zero-order valence-electron chi connectivity index (χ0n) is 11.0. The fraction of sp³-hybridized carbons (Fsp3) is 0.538. The van der Waals surface area contributed by atoms with Gasteiger partial charge in [-0.05, 0) is 26.8 Å². The summed E-state index contributed by atoms with van der Waals surface area (Å²) in [6.07, 6.45) is 0.704. The number of H-pyrrole nitrogens is 1. The molecule has 2 rings (SSSR count). The van der Waals surface area contributed by atoms with Crippen LogP contribution in [0.5, 0.6) is 0 Å². The van der Waals surface area contributed by atoms with Crippen LogP contribution in [0, 0.1) is 6.92 Å². The largest absolute Gasteiger partial charge is 0.356 e. The van der Waals surface area contributed by atoms with E-state index in [9.17, 15) is 9.59 Å². The summed E-state index contributed by atoms with van der Waals surface area (Å²) >= 11 is 0. The third-order valence-corrected chi connectivity index (χ3v) is 3.18. The van der Waals surface area contributed by atoms with E-state index in [-0.39, 0.29) is 18.0 Å². The Kier molecular flexibility index (Phi) is 3.52. The highest BCUT2D eigenvalue weighted by molar-refractivity contribution is 6.01. The van der Waals surface area contributed by atoms with Crippen molar-refractivity contribution < 1.29 is 9.59 Å². The number of aromatic amines is 1. The van der Waals surface area contributed by atoms with Crippen molar-refractivity contribution in [2.75, 3.05) is 13.1 Å². The number of hydrogen-bond acceptors (Lipinski definition) is 3. The highest BCUT2D eigenvalue weighted by atomic mass is 16.2. The van der Waals surface area contributed by atoms with E-state index in [0.717, 1.165) is 5.69 Å². The van der Waals surface area contributed by atoms with Crippen molar-refractivity contribution in [3.05, 3.63) is 23.0 Å². The first-order valence-electron chi connectivity index (χ1n) is 6.21. The highest BCUT2D eigenvalue weighted by Gasteiger charge is 2.27. The van der Waals surface area contributed by atoms with Crippen molar-refractivity contribution in [1.29, 1.82) is 0 Å². The smallest absolute Gasteiger partial charge is 0.256 e. The van der Waals surface area contributed by atoms with Crippen LogP contribution in [0.3, 0.4) is 0 Å². The lowest BCUT2D eigenvalue weighted by Gasteiger charge is -2.36. The van der Waals surface area contributed by atoms with Gasteiger partial charge in [0, 0.05) is 30.9 Å². The van der Waals surface area contributed by atoms with E-state index in [1.54, 1.807) is 11.0 Å². The molecule has 0 unspecified atom stereocenters. The molecule has 5 nitrogen and oxygen atoms in total. The first-order chi connectivity index (χ1) is 8.51. The number of carbonyl (C=O) groups is 2. The molecule has 1 aromatic heterocycles. The molecule has 1 aliphatic heterocycles. The van der Waals surface area contributed by atoms with Crippen molar-refractivity contribution in [2.45, 2.75) is 32.9 Å². The Bertz CT molecular complexity index is 457. The first-order valence-corrected chi connectivity index (χ1v) is 6.21. The van der Waals surface area contributed by atoms with Gasteiger partial charge in [0.25, 0.3) is 5.91 Å². The van der Waals surface area contributed by atoms with E-state index in [0.29, 0.717) is 30.6 Å². The van der Waals surface area contributed by atoms with E-state index in [1.807, 2.05) is 6.92 Å². The topological polar surface area (TPSA) is 65.2 Å². The molecule has 0 saturated carbocycles. The molecule has 1 amide bonds. The molecule has 5 heteroatoms. The molecule has 0 aliphatic carbocycles. The second kappa shape index (κ2) is 4.94. The average Bonchev–Trinajstić information content (AvgIpc) is 2.68. The van der Waals surface area contributed by atoms with Crippen LogP contribution in [-0.2, 0) is 0 Å². The van der Waals surface area contributed by atoms with Crippen LogP contribution in [0.2, 0.25) is 0 Å². The number of piperazine rings is 1. The van der Waals surface area contributed by atoms with Gasteiger partial charge >= 0.3 is 0 Å². The Morgan fingerprint density at radius 1 is 1.39 bits per heavy atom. The summed E-state index contributed by atoms with van der Waals surface area (Å²) in [4.78, 5) is 28.1. The summed E-state index contributed by atoms with van der Waals surface area (Å²) in [5, 5.41) is 3.38. The van der Waals surface area contributed by atoms with Gasteiger partial charge in [-0.25, -0.2) is 0 Å². The maximum Gasteiger partial charge on any atom is 0.256 e. The monoisotopic (exact) mass is 249 g/mol. The molecule has 98 valence electrons. The minimum Gasteiger partial charge on any atom is -0.356 e. The van der Waals surface area contributed by atoms with Crippen molar-refractivity contribution in [1.82, 2.24) is 15.2 Å². The fourth-order valence-corrected chi connectivity index (χ4v) is 2.54. The van der Waals surface area contributed by atoms with E-state index < -0.39 is 0 Å². The molecule has 1 fully saturated rings. The zero-order valence-corrected chi connectivity index (χ0v) is 11.0. The first kappa shape index (κ1) is 12.8. The number of aryl methyl sites for hydroxylation is 1. The average molecular weight is 249 g/mol. The molecule has 2 heterocycles. The lowest BCUT2D eigenvalue weighted by atomic mass is 10.1. The molecule has 0 bridgehead atoms. The van der Waals surface area contributed by atoms with Crippen LogP contribution in [0.1, 0.15) is 40.4 Å². The van der Waals surface area contributed by atoms with E-state index in [4.69, 9.17) is 0 Å². The quantitative estimate of drug-likeness (QED) is 0.767. The van der Waals surface area contributed by atoms with Gasteiger partial charge in [-0.3, -0.25) is 9.59 Å². The molecule has 2 N–H and O–H groups in total. The zero-order chi connectivity index (χ0) is 13.3. The predicted octanol–water partition coefficient (Wildman–Crippen LogP) is 0.958. The second-order valence-corrected chi connectivity index (χ2v) is 5.08. The number of nitrogens with one attached hydrogen (secondary N) is 2. The summed E-state index contributed by atoms with van der Waals surface area (Å²) in [5.74, 6) is -0.0679. The van der Waals surface area contributed by atoms with Crippen LogP contribution < -0.4 is 5.32 Å². The number of carbonyl (C=O) groups excluding carboxylic acids is 2. The molecule has 1 saturated heterocycles. The second-order valence-electron chi connectivity index (χ2n) is 5.08. The fourth-order valence-electron chi connectivity index (χ4n) is 2.54. The molecule has 1 aromatic rings. The molecule has 1 aliphatic rings. The Morgan fingerprint density at radius 2 is 2.00 bits per heavy atom. The molecule has 0 spiro atoms.